The first-order valence-corrected chi connectivity index (χ1v) is 11.4. The molecule has 0 saturated heterocycles. The first-order chi connectivity index (χ1) is 17.6. The van der Waals surface area contributed by atoms with Crippen LogP contribution in [0.3, 0.4) is 0 Å². The standard InChI is InChI=1S/C25H30N4O8/c26-17(14-30)22(33)27-18(11-15-7-3-1-4-8-15)23(34)28-19(12-16-9-5-2-6-10-16)24(35)29-20(25(36)37)13-21(31)32/h1-10,17-20,30H,11-14,26H2,(H,27,33)(H,28,34)(H,29,35)(H,31,32)(H,36,37). The maximum absolute atomic E-state index is 13.3. The second-order valence-corrected chi connectivity index (χ2v) is 8.29. The highest BCUT2D eigenvalue weighted by Crippen LogP contribution is 2.08. The van der Waals surface area contributed by atoms with Crippen LogP contribution >= 0.6 is 0 Å². The number of benzene rings is 2. The lowest BCUT2D eigenvalue weighted by Gasteiger charge is -2.25. The molecule has 0 radical (unpaired) electrons. The van der Waals surface area contributed by atoms with Crippen molar-refractivity contribution in [1.29, 1.82) is 0 Å². The van der Waals surface area contributed by atoms with Gasteiger partial charge in [0.2, 0.25) is 17.7 Å². The first kappa shape index (κ1) is 28.9. The Labute approximate surface area is 212 Å². The van der Waals surface area contributed by atoms with E-state index >= 15 is 0 Å². The van der Waals surface area contributed by atoms with Crippen LogP contribution < -0.4 is 21.7 Å². The Morgan fingerprint density at radius 1 is 0.676 bits per heavy atom. The van der Waals surface area contributed by atoms with E-state index in [9.17, 15) is 34.2 Å². The number of carboxylic acids is 2. The van der Waals surface area contributed by atoms with Crippen molar-refractivity contribution in [3.05, 3.63) is 71.8 Å². The highest BCUT2D eigenvalue weighted by Gasteiger charge is 2.31. The number of carbonyl (C=O) groups excluding carboxylic acids is 3. The number of aliphatic hydroxyl groups is 1. The molecule has 37 heavy (non-hydrogen) atoms. The van der Waals surface area contributed by atoms with Gasteiger partial charge in [0.05, 0.1) is 13.0 Å². The van der Waals surface area contributed by atoms with Gasteiger partial charge in [-0.1, -0.05) is 60.7 Å². The fourth-order valence-electron chi connectivity index (χ4n) is 3.40. The van der Waals surface area contributed by atoms with Gasteiger partial charge in [-0.05, 0) is 11.1 Å². The van der Waals surface area contributed by atoms with Gasteiger partial charge in [0.25, 0.3) is 0 Å². The van der Waals surface area contributed by atoms with Gasteiger partial charge in [0.15, 0.2) is 0 Å². The number of nitrogens with one attached hydrogen (secondary N) is 3. The van der Waals surface area contributed by atoms with Crippen LogP contribution in [0.1, 0.15) is 17.5 Å². The summed E-state index contributed by atoms with van der Waals surface area (Å²) in [6.07, 6.45) is -0.869. The summed E-state index contributed by atoms with van der Waals surface area (Å²) in [6.45, 7) is -0.648. The zero-order chi connectivity index (χ0) is 27.4. The minimum Gasteiger partial charge on any atom is -0.481 e. The van der Waals surface area contributed by atoms with Crippen molar-refractivity contribution in [3.63, 3.8) is 0 Å². The zero-order valence-corrected chi connectivity index (χ0v) is 19.9. The average molecular weight is 515 g/mol. The van der Waals surface area contributed by atoms with Crippen LogP contribution in [0.5, 0.6) is 0 Å². The number of carboxylic acid groups (broad SMARTS) is 2. The summed E-state index contributed by atoms with van der Waals surface area (Å²) in [5.74, 6) is -5.43. The predicted molar refractivity (Wildman–Crippen MR) is 131 cm³/mol. The lowest BCUT2D eigenvalue weighted by Crippen LogP contribution is -2.58. The second kappa shape index (κ2) is 14.3. The molecule has 0 aliphatic rings. The minimum absolute atomic E-state index is 0.0347. The third kappa shape index (κ3) is 9.70. The third-order valence-corrected chi connectivity index (χ3v) is 5.36. The molecule has 2 rings (SSSR count). The Balaban J connectivity index is 2.29. The average Bonchev–Trinajstić information content (AvgIpc) is 2.87. The molecule has 0 bridgehead atoms. The largest absolute Gasteiger partial charge is 0.481 e. The fraction of sp³-hybridized carbons (Fsp3) is 0.320. The second-order valence-electron chi connectivity index (χ2n) is 8.29. The molecular weight excluding hydrogens is 484 g/mol. The molecule has 0 heterocycles. The van der Waals surface area contributed by atoms with E-state index in [-0.39, 0.29) is 12.8 Å². The van der Waals surface area contributed by atoms with Crippen molar-refractivity contribution >= 4 is 29.7 Å². The zero-order valence-electron chi connectivity index (χ0n) is 19.9. The van der Waals surface area contributed by atoms with Crippen LogP contribution in [-0.2, 0) is 36.8 Å². The number of rotatable bonds is 14. The summed E-state index contributed by atoms with van der Waals surface area (Å²) in [5, 5.41) is 34.6. The number of hydrogen-bond acceptors (Lipinski definition) is 7. The molecule has 0 aliphatic heterocycles. The highest BCUT2D eigenvalue weighted by atomic mass is 16.4. The number of aliphatic carboxylic acids is 2. The van der Waals surface area contributed by atoms with Gasteiger partial charge in [0, 0.05) is 12.8 Å². The molecule has 12 nitrogen and oxygen atoms in total. The van der Waals surface area contributed by atoms with E-state index in [0.717, 1.165) is 0 Å². The molecule has 0 spiro atoms. The third-order valence-electron chi connectivity index (χ3n) is 5.36. The molecule has 2 aromatic rings. The lowest BCUT2D eigenvalue weighted by molar-refractivity contribution is -0.147. The minimum atomic E-state index is -1.72. The van der Waals surface area contributed by atoms with Gasteiger partial charge in [-0.3, -0.25) is 19.2 Å². The molecule has 0 aromatic heterocycles. The van der Waals surface area contributed by atoms with Crippen molar-refractivity contribution in [1.82, 2.24) is 16.0 Å². The number of hydrogen-bond donors (Lipinski definition) is 7. The summed E-state index contributed by atoms with van der Waals surface area (Å²) in [5.41, 5.74) is 6.90. The normalized spacial score (nSPS) is 13.9. The summed E-state index contributed by atoms with van der Waals surface area (Å²) in [7, 11) is 0. The predicted octanol–water partition coefficient (Wildman–Crippen LogP) is -1.19. The van der Waals surface area contributed by atoms with Gasteiger partial charge < -0.3 is 37.0 Å². The van der Waals surface area contributed by atoms with Crippen molar-refractivity contribution in [2.45, 2.75) is 43.4 Å². The molecule has 12 heteroatoms. The van der Waals surface area contributed by atoms with E-state index in [1.165, 1.54) is 0 Å². The van der Waals surface area contributed by atoms with E-state index in [0.29, 0.717) is 11.1 Å². The van der Waals surface area contributed by atoms with Gasteiger partial charge in [-0.15, -0.1) is 0 Å². The van der Waals surface area contributed by atoms with Crippen LogP contribution in [-0.4, -0.2) is 75.8 Å². The van der Waals surface area contributed by atoms with E-state index in [1.807, 2.05) is 0 Å². The summed E-state index contributed by atoms with van der Waals surface area (Å²) >= 11 is 0. The van der Waals surface area contributed by atoms with Crippen molar-refractivity contribution in [2.75, 3.05) is 6.61 Å². The smallest absolute Gasteiger partial charge is 0.326 e. The number of amides is 3. The van der Waals surface area contributed by atoms with Crippen LogP contribution in [0, 0.1) is 0 Å². The quantitative estimate of drug-likeness (QED) is 0.161. The van der Waals surface area contributed by atoms with E-state index in [2.05, 4.69) is 16.0 Å². The van der Waals surface area contributed by atoms with Gasteiger partial charge in [-0.25, -0.2) is 4.79 Å². The van der Waals surface area contributed by atoms with Crippen molar-refractivity contribution < 1.29 is 39.3 Å². The Morgan fingerprint density at radius 2 is 1.08 bits per heavy atom. The van der Waals surface area contributed by atoms with Crippen LogP contribution in [0.2, 0.25) is 0 Å². The highest BCUT2D eigenvalue weighted by molar-refractivity contribution is 5.95. The summed E-state index contributed by atoms with van der Waals surface area (Å²) < 4.78 is 0. The maximum atomic E-state index is 13.3. The lowest BCUT2D eigenvalue weighted by atomic mass is 10.0. The Bertz CT molecular complexity index is 1080. The van der Waals surface area contributed by atoms with Gasteiger partial charge in [-0.2, -0.15) is 0 Å². The van der Waals surface area contributed by atoms with E-state index < -0.39 is 66.9 Å². The molecule has 3 amide bonds. The van der Waals surface area contributed by atoms with Gasteiger partial charge in [0.1, 0.15) is 24.2 Å². The Hall–Kier alpha value is -4.29. The summed E-state index contributed by atoms with van der Waals surface area (Å²) in [4.78, 5) is 61.1. The monoisotopic (exact) mass is 514 g/mol. The van der Waals surface area contributed by atoms with Crippen LogP contribution in [0.25, 0.3) is 0 Å². The molecule has 4 atom stereocenters. The molecule has 8 N–H and O–H groups in total. The molecule has 0 aliphatic carbocycles. The number of nitrogens with two attached hydrogens (primary N) is 1. The SMILES string of the molecule is NC(CO)C(=O)NC(Cc1ccccc1)C(=O)NC(Cc1ccccc1)C(=O)NC(CC(=O)O)C(=O)O. The number of aliphatic hydroxyl groups excluding tert-OH is 1. The fourth-order valence-corrected chi connectivity index (χ4v) is 3.40. The molecule has 2 aromatic carbocycles. The molecule has 0 fully saturated rings. The maximum Gasteiger partial charge on any atom is 0.326 e. The van der Waals surface area contributed by atoms with Crippen LogP contribution in [0.4, 0.5) is 0 Å². The van der Waals surface area contributed by atoms with Crippen molar-refractivity contribution in [3.8, 4) is 0 Å². The van der Waals surface area contributed by atoms with E-state index in [4.69, 9.17) is 10.8 Å². The molecular formula is C25H30N4O8. The first-order valence-electron chi connectivity index (χ1n) is 11.4. The topological polar surface area (TPSA) is 208 Å². The van der Waals surface area contributed by atoms with Crippen LogP contribution in [0.15, 0.2) is 60.7 Å². The number of carbonyl (C=O) groups is 5. The summed E-state index contributed by atoms with van der Waals surface area (Å²) in [6, 6.07) is 11.8. The van der Waals surface area contributed by atoms with Gasteiger partial charge >= 0.3 is 11.9 Å². The Morgan fingerprint density at radius 3 is 1.46 bits per heavy atom. The molecule has 4 unspecified atom stereocenters. The molecule has 0 saturated carbocycles. The Kier molecular flexibility index (Phi) is 11.2. The molecule has 198 valence electrons. The van der Waals surface area contributed by atoms with E-state index in [1.54, 1.807) is 60.7 Å². The van der Waals surface area contributed by atoms with Crippen molar-refractivity contribution in [2.24, 2.45) is 5.73 Å².